The molecule has 6 nitrogen and oxygen atoms in total. The molecule has 2 aromatic carbocycles. The Kier molecular flexibility index (Phi) is 8.04. The number of amides is 1. The molecule has 1 aliphatic rings. The van der Waals surface area contributed by atoms with E-state index in [1.165, 1.54) is 19.1 Å². The molecule has 3 atom stereocenters. The molecule has 0 saturated heterocycles. The fourth-order valence-electron chi connectivity index (χ4n) is 3.90. The van der Waals surface area contributed by atoms with Gasteiger partial charge in [-0.05, 0) is 56.2 Å². The Morgan fingerprint density at radius 3 is 2.59 bits per heavy atom. The molecular weight excluding hydrogens is 416 g/mol. The van der Waals surface area contributed by atoms with E-state index >= 15 is 0 Å². The maximum absolute atomic E-state index is 13.6. The van der Waals surface area contributed by atoms with E-state index in [1.807, 2.05) is 32.0 Å². The molecule has 0 fully saturated rings. The lowest BCUT2D eigenvalue weighted by atomic mass is 9.97. The van der Waals surface area contributed by atoms with Crippen LogP contribution in [-0.2, 0) is 11.2 Å². The molecule has 4 N–H and O–H groups in total. The summed E-state index contributed by atoms with van der Waals surface area (Å²) in [6.07, 6.45) is 1.03. The molecule has 0 saturated carbocycles. The highest BCUT2D eigenvalue weighted by Gasteiger charge is 2.25. The van der Waals surface area contributed by atoms with Crippen LogP contribution in [0.15, 0.2) is 36.4 Å². The quantitative estimate of drug-likeness (QED) is 0.550. The predicted octanol–water partition coefficient (Wildman–Crippen LogP) is 3.24. The lowest BCUT2D eigenvalue weighted by Crippen LogP contribution is -2.53. The zero-order valence-electron chi connectivity index (χ0n) is 18.7. The minimum atomic E-state index is -0.661. The Balaban J connectivity index is 1.69. The summed E-state index contributed by atoms with van der Waals surface area (Å²) in [4.78, 5) is 11.7. The highest BCUT2D eigenvalue weighted by molar-refractivity contribution is 5.73. The smallest absolute Gasteiger partial charge is 0.217 e. The first-order valence-corrected chi connectivity index (χ1v) is 10.9. The van der Waals surface area contributed by atoms with Crippen LogP contribution in [0.1, 0.15) is 44.4 Å². The van der Waals surface area contributed by atoms with Crippen molar-refractivity contribution in [1.82, 2.24) is 10.6 Å². The molecule has 2 aromatic rings. The Bertz CT molecular complexity index is 918. The maximum atomic E-state index is 13.6. The average Bonchev–Trinajstić information content (AvgIpc) is 2.70. The second-order valence-corrected chi connectivity index (χ2v) is 8.42. The summed E-state index contributed by atoms with van der Waals surface area (Å²) in [6.45, 7) is 6.29. The van der Waals surface area contributed by atoms with Crippen molar-refractivity contribution in [3.05, 3.63) is 59.2 Å². The predicted molar refractivity (Wildman–Crippen MR) is 119 cm³/mol. The largest absolute Gasteiger partial charge is 0.493 e. The number of hydrogen-bond acceptors (Lipinski definition) is 5. The van der Waals surface area contributed by atoms with Crippen molar-refractivity contribution in [2.45, 2.75) is 57.8 Å². The molecule has 0 aliphatic carbocycles. The Hall–Kier alpha value is -2.71. The Morgan fingerprint density at radius 2 is 1.94 bits per heavy atom. The van der Waals surface area contributed by atoms with E-state index in [4.69, 9.17) is 15.2 Å². The van der Waals surface area contributed by atoms with Gasteiger partial charge in [0.15, 0.2) is 0 Å². The van der Waals surface area contributed by atoms with Gasteiger partial charge in [0, 0.05) is 49.6 Å². The summed E-state index contributed by atoms with van der Waals surface area (Å²) < 4.78 is 38.8. The molecule has 8 heteroatoms. The van der Waals surface area contributed by atoms with Crippen molar-refractivity contribution in [2.75, 3.05) is 13.2 Å². The molecule has 1 amide bonds. The number of carbonyl (C=O) groups is 1. The number of nitrogens with two attached hydrogens (primary N) is 1. The monoisotopic (exact) mass is 447 g/mol. The van der Waals surface area contributed by atoms with Gasteiger partial charge in [-0.25, -0.2) is 8.78 Å². The second-order valence-electron chi connectivity index (χ2n) is 8.42. The molecule has 0 radical (unpaired) electrons. The van der Waals surface area contributed by atoms with Crippen LogP contribution in [-0.4, -0.2) is 37.2 Å². The van der Waals surface area contributed by atoms with E-state index in [0.717, 1.165) is 29.5 Å². The number of hydrogen-bond donors (Lipinski definition) is 3. The number of rotatable bonds is 9. The van der Waals surface area contributed by atoms with Gasteiger partial charge in [-0.1, -0.05) is 0 Å². The van der Waals surface area contributed by atoms with Gasteiger partial charge >= 0.3 is 0 Å². The summed E-state index contributed by atoms with van der Waals surface area (Å²) in [5.74, 6) is -0.0103. The van der Waals surface area contributed by atoms with Crippen LogP contribution in [0.25, 0.3) is 0 Å². The van der Waals surface area contributed by atoms with Gasteiger partial charge in [0.2, 0.25) is 5.91 Å². The van der Waals surface area contributed by atoms with Crippen molar-refractivity contribution < 1.29 is 23.0 Å². The first kappa shape index (κ1) is 23.9. The number of fused-ring (bicyclic) bond motifs is 1. The Morgan fingerprint density at radius 1 is 1.22 bits per heavy atom. The zero-order chi connectivity index (χ0) is 23.3. The third-order valence-electron chi connectivity index (χ3n) is 5.28. The number of carbonyl (C=O) groups excluding carboxylic acids is 1. The van der Waals surface area contributed by atoms with E-state index < -0.39 is 23.7 Å². The topological polar surface area (TPSA) is 85.6 Å². The van der Waals surface area contributed by atoms with Crippen molar-refractivity contribution in [3.63, 3.8) is 0 Å². The molecule has 3 unspecified atom stereocenters. The molecule has 1 heterocycles. The van der Waals surface area contributed by atoms with E-state index in [9.17, 15) is 13.6 Å². The molecule has 0 aromatic heterocycles. The molecular formula is C24H31F2N3O3. The fourth-order valence-corrected chi connectivity index (χ4v) is 3.90. The van der Waals surface area contributed by atoms with Crippen molar-refractivity contribution in [1.29, 1.82) is 0 Å². The summed E-state index contributed by atoms with van der Waals surface area (Å²) in [5.41, 5.74) is 7.83. The molecule has 0 spiro atoms. The summed E-state index contributed by atoms with van der Waals surface area (Å²) in [6, 6.07) is 8.12. The van der Waals surface area contributed by atoms with Crippen LogP contribution >= 0.6 is 0 Å². The zero-order valence-corrected chi connectivity index (χ0v) is 18.7. The molecule has 0 bridgehead atoms. The van der Waals surface area contributed by atoms with Gasteiger partial charge in [0.1, 0.15) is 23.1 Å². The van der Waals surface area contributed by atoms with Crippen LogP contribution in [0.3, 0.4) is 0 Å². The van der Waals surface area contributed by atoms with Crippen LogP contribution in [0.5, 0.6) is 11.5 Å². The number of ether oxygens (including phenoxy) is 2. The summed E-state index contributed by atoms with van der Waals surface area (Å²) in [7, 11) is 0. The third kappa shape index (κ3) is 6.64. The molecule has 1 aliphatic heterocycles. The van der Waals surface area contributed by atoms with E-state index in [2.05, 4.69) is 10.6 Å². The standard InChI is InChI=1S/C24H31F2N3O3/c1-14(2)32-19-4-5-24-20(12-19)22(6-7-31-24)28-13-21(27)23(29-15(3)30)10-16-8-17(25)11-18(26)9-16/h4-5,8-9,11-12,14,21-23,28H,6-7,10,13,27H2,1-3H3,(H,29,30). The average molecular weight is 448 g/mol. The molecule has 32 heavy (non-hydrogen) atoms. The molecule has 174 valence electrons. The summed E-state index contributed by atoms with van der Waals surface area (Å²) in [5, 5.41) is 6.27. The Labute approximate surface area is 187 Å². The van der Waals surface area contributed by atoms with Crippen molar-refractivity contribution in [2.24, 2.45) is 5.73 Å². The van der Waals surface area contributed by atoms with E-state index in [1.54, 1.807) is 0 Å². The van der Waals surface area contributed by atoms with Crippen LogP contribution in [0.4, 0.5) is 8.78 Å². The number of benzene rings is 2. The normalized spacial score (nSPS) is 17.3. The van der Waals surface area contributed by atoms with Gasteiger partial charge < -0.3 is 25.8 Å². The van der Waals surface area contributed by atoms with Gasteiger partial charge in [-0.15, -0.1) is 0 Å². The van der Waals surface area contributed by atoms with Crippen molar-refractivity contribution >= 4 is 5.91 Å². The minimum Gasteiger partial charge on any atom is -0.493 e. The lowest BCUT2D eigenvalue weighted by molar-refractivity contribution is -0.119. The van der Waals surface area contributed by atoms with Crippen LogP contribution in [0.2, 0.25) is 0 Å². The summed E-state index contributed by atoms with van der Waals surface area (Å²) >= 11 is 0. The maximum Gasteiger partial charge on any atom is 0.217 e. The van der Waals surface area contributed by atoms with Crippen LogP contribution < -0.4 is 25.8 Å². The lowest BCUT2D eigenvalue weighted by Gasteiger charge is -2.31. The van der Waals surface area contributed by atoms with Gasteiger partial charge in [0.25, 0.3) is 0 Å². The first-order valence-electron chi connectivity index (χ1n) is 10.9. The molecule has 3 rings (SSSR count). The number of nitrogens with one attached hydrogen (secondary N) is 2. The third-order valence-corrected chi connectivity index (χ3v) is 5.28. The van der Waals surface area contributed by atoms with Crippen LogP contribution in [0, 0.1) is 11.6 Å². The van der Waals surface area contributed by atoms with Gasteiger partial charge in [-0.3, -0.25) is 4.79 Å². The van der Waals surface area contributed by atoms with Crippen molar-refractivity contribution in [3.8, 4) is 11.5 Å². The van der Waals surface area contributed by atoms with Gasteiger partial charge in [-0.2, -0.15) is 0 Å². The highest BCUT2D eigenvalue weighted by Crippen LogP contribution is 2.35. The fraction of sp³-hybridized carbons (Fsp3) is 0.458. The second kappa shape index (κ2) is 10.7. The SMILES string of the molecule is CC(=O)NC(Cc1cc(F)cc(F)c1)C(N)CNC1CCOc2ccc(OC(C)C)cc21. The van der Waals surface area contributed by atoms with Gasteiger partial charge in [0.05, 0.1) is 12.7 Å². The van der Waals surface area contributed by atoms with E-state index in [-0.39, 0.29) is 24.5 Å². The minimum absolute atomic E-state index is 0.00473. The number of halogens is 2. The first-order chi connectivity index (χ1) is 15.2. The highest BCUT2D eigenvalue weighted by atomic mass is 19.1. The van der Waals surface area contributed by atoms with E-state index in [0.29, 0.717) is 18.7 Å².